The molecule has 164 valence electrons. The van der Waals surface area contributed by atoms with E-state index in [-0.39, 0.29) is 26.7 Å². The van der Waals surface area contributed by atoms with Crippen LogP contribution in [0.3, 0.4) is 0 Å². The van der Waals surface area contributed by atoms with E-state index in [9.17, 15) is 4.79 Å². The normalized spacial score (nSPS) is 14.6. The van der Waals surface area contributed by atoms with E-state index in [0.29, 0.717) is 11.6 Å². The molecule has 0 unspecified atom stereocenters. The van der Waals surface area contributed by atoms with Crippen LogP contribution in [0, 0.1) is 6.92 Å². The van der Waals surface area contributed by atoms with Crippen LogP contribution in [-0.4, -0.2) is 53.5 Å². The third-order valence-electron chi connectivity index (χ3n) is 5.23. The number of nitrogens with zero attached hydrogens (tertiary/aromatic N) is 6. The molecule has 5 rings (SSSR count). The summed E-state index contributed by atoms with van der Waals surface area (Å²) in [4.78, 5) is 22.0. The van der Waals surface area contributed by atoms with Gasteiger partial charge in [0.05, 0.1) is 0 Å². The van der Waals surface area contributed by atoms with Crippen LogP contribution in [0.4, 0.5) is 11.6 Å². The molecule has 1 aliphatic heterocycles. The number of benzene rings is 1. The Morgan fingerprint density at radius 3 is 2.58 bits per heavy atom. The molecular weight excluding hydrogens is 477 g/mol. The number of fused-ring (bicyclic) bond motifs is 2. The van der Waals surface area contributed by atoms with E-state index in [1.165, 1.54) is 6.42 Å². The fourth-order valence-corrected chi connectivity index (χ4v) is 5.81. The van der Waals surface area contributed by atoms with Gasteiger partial charge in [-0.3, -0.25) is 0 Å². The van der Waals surface area contributed by atoms with Gasteiger partial charge in [-0.2, -0.15) is 11.8 Å². The van der Waals surface area contributed by atoms with Crippen LogP contribution in [-0.2, 0) is 7.05 Å². The first kappa shape index (κ1) is 22.0. The van der Waals surface area contributed by atoms with E-state index >= 15 is 0 Å². The minimum atomic E-state index is -0.0544. The quantitative estimate of drug-likeness (QED) is 0.426. The zero-order chi connectivity index (χ0) is 22.0. The number of hydrogen-bond acceptors (Lipinski definition) is 7. The molecule has 0 atom stereocenters. The Kier molecular flexibility index (Phi) is 6.79. The molecule has 31 heavy (non-hydrogen) atoms. The number of nitrogens with one attached hydrogen (secondary N) is 1. The van der Waals surface area contributed by atoms with Gasteiger partial charge in [0, 0.05) is 0 Å². The van der Waals surface area contributed by atoms with E-state index in [1.807, 2.05) is 35.4 Å². The van der Waals surface area contributed by atoms with Crippen molar-refractivity contribution in [2.24, 2.45) is 7.05 Å². The molecule has 1 fully saturated rings. The van der Waals surface area contributed by atoms with Crippen molar-refractivity contribution in [3.05, 3.63) is 34.4 Å². The Bertz CT molecular complexity index is 1260. The second kappa shape index (κ2) is 9.54. The van der Waals surface area contributed by atoms with E-state index in [0.717, 1.165) is 52.1 Å². The first-order valence-electron chi connectivity index (χ1n) is 10.5. The predicted octanol–water partition coefficient (Wildman–Crippen LogP) is 3.67. The number of aromatic nitrogens is 6. The second-order valence-corrected chi connectivity index (χ2v) is 10.0. The number of imidazole rings is 1. The van der Waals surface area contributed by atoms with Crippen LogP contribution >= 0.6 is 11.8 Å². The fraction of sp³-hybridized carbons (Fsp3) is 0.476. The van der Waals surface area contributed by atoms with Gasteiger partial charge in [-0.1, -0.05) is 20.3 Å². The van der Waals surface area contributed by atoms with Gasteiger partial charge in [0.1, 0.15) is 0 Å². The summed E-state index contributed by atoms with van der Waals surface area (Å²) >= 11 is 1.89. The first-order chi connectivity index (χ1) is 15.0. The van der Waals surface area contributed by atoms with Gasteiger partial charge in [0.15, 0.2) is 0 Å². The van der Waals surface area contributed by atoms with Crippen molar-refractivity contribution in [2.75, 3.05) is 16.8 Å². The van der Waals surface area contributed by atoms with Crippen LogP contribution < -0.4 is 11.0 Å². The molecule has 4 aromatic rings. The van der Waals surface area contributed by atoms with E-state index in [2.05, 4.69) is 32.1 Å². The Morgan fingerprint density at radius 2 is 1.87 bits per heavy atom. The van der Waals surface area contributed by atoms with Crippen molar-refractivity contribution in [3.63, 3.8) is 0 Å². The number of aryl methyl sites for hydroxylation is 2. The molecule has 8 nitrogen and oxygen atoms in total. The van der Waals surface area contributed by atoms with Crippen molar-refractivity contribution in [2.45, 2.75) is 46.1 Å². The van der Waals surface area contributed by atoms with E-state index in [4.69, 9.17) is 4.98 Å². The molecule has 0 saturated carbocycles. The molecule has 3 aromatic heterocycles. The summed E-state index contributed by atoms with van der Waals surface area (Å²) in [5.41, 5.74) is 5.27. The van der Waals surface area contributed by atoms with Crippen molar-refractivity contribution in [1.29, 1.82) is 0 Å². The van der Waals surface area contributed by atoms with Gasteiger partial charge >= 0.3 is 160 Å². The van der Waals surface area contributed by atoms with Gasteiger partial charge in [-0.05, 0) is 0 Å². The van der Waals surface area contributed by atoms with Crippen LogP contribution in [0.1, 0.15) is 44.7 Å². The van der Waals surface area contributed by atoms with Gasteiger partial charge in [-0.15, -0.1) is 0 Å². The summed E-state index contributed by atoms with van der Waals surface area (Å²) < 4.78 is 12.4. The molecule has 0 spiro atoms. The topological polar surface area (TPSA) is 90.5 Å². The maximum absolute atomic E-state index is 12.8. The maximum atomic E-state index is 12.8. The number of rotatable bonds is 3. The van der Waals surface area contributed by atoms with Gasteiger partial charge in [0.2, 0.25) is 0 Å². The number of hydrogen-bond donors (Lipinski definition) is 1. The van der Waals surface area contributed by atoms with E-state index in [1.54, 1.807) is 17.8 Å². The van der Waals surface area contributed by atoms with Crippen LogP contribution in [0.15, 0.2) is 23.1 Å². The van der Waals surface area contributed by atoms with Crippen molar-refractivity contribution in [3.8, 4) is 0 Å². The Balaban J connectivity index is 0.000000730. The van der Waals surface area contributed by atoms with Crippen LogP contribution in [0.25, 0.3) is 22.2 Å². The molecule has 0 amide bonds. The predicted molar refractivity (Wildman–Crippen MR) is 129 cm³/mol. The van der Waals surface area contributed by atoms with Gasteiger partial charge in [-0.25, -0.2) is 0 Å². The third kappa shape index (κ3) is 4.42. The minimum absolute atomic E-state index is 0.0188. The Labute approximate surface area is 191 Å². The van der Waals surface area contributed by atoms with Crippen LogP contribution in [0.2, 0.25) is 0 Å². The average Bonchev–Trinajstić information content (AvgIpc) is 3.31. The zero-order valence-corrected chi connectivity index (χ0v) is 20.8. The summed E-state index contributed by atoms with van der Waals surface area (Å²) in [5.74, 6) is 2.64. The van der Waals surface area contributed by atoms with Gasteiger partial charge in [0.25, 0.3) is 0 Å². The summed E-state index contributed by atoms with van der Waals surface area (Å²) in [6, 6.07) is 4.23. The molecule has 1 aliphatic rings. The summed E-state index contributed by atoms with van der Waals surface area (Å²) in [6.07, 6.45) is 4.96. The summed E-state index contributed by atoms with van der Waals surface area (Å²) in [7, 11) is 1.78. The molecule has 0 bridgehead atoms. The van der Waals surface area contributed by atoms with Crippen molar-refractivity contribution < 1.29 is 0 Å². The SMILES string of the molecule is CCC.Cc1cc2n[se]nc2cc1Nc1ncc2c(n1)n(C1CCSCC1)c(=O)n2C. The van der Waals surface area contributed by atoms with Crippen molar-refractivity contribution in [1.82, 2.24) is 27.1 Å². The first-order valence-corrected chi connectivity index (χ1v) is 13.2. The fourth-order valence-electron chi connectivity index (χ4n) is 3.66. The molecule has 0 radical (unpaired) electrons. The number of thioether (sulfide) groups is 1. The molecule has 1 aromatic carbocycles. The van der Waals surface area contributed by atoms with Crippen molar-refractivity contribution >= 4 is 60.6 Å². The Hall–Kier alpha value is -2.16. The van der Waals surface area contributed by atoms with Crippen LogP contribution in [0.5, 0.6) is 0 Å². The average molecular weight is 505 g/mol. The molecular formula is C21H27N7OSSe. The Morgan fingerprint density at radius 1 is 1.19 bits per heavy atom. The third-order valence-corrected chi connectivity index (χ3v) is 7.45. The molecule has 1 N–H and O–H groups in total. The summed E-state index contributed by atoms with van der Waals surface area (Å²) in [6.45, 7) is 6.28. The summed E-state index contributed by atoms with van der Waals surface area (Å²) in [5, 5.41) is 3.31. The molecule has 1 saturated heterocycles. The monoisotopic (exact) mass is 505 g/mol. The molecule has 10 heteroatoms. The molecule has 0 aliphatic carbocycles. The van der Waals surface area contributed by atoms with Gasteiger partial charge < -0.3 is 0 Å². The molecule has 4 heterocycles. The zero-order valence-electron chi connectivity index (χ0n) is 18.3. The standard InChI is InChI=1S/C18H19N7OSSe.C3H8/c1-10-7-13-14(23-28-22-13)8-12(10)20-17-19-9-15-16(21-17)25(18(26)24(15)2)11-3-5-27-6-4-11;1-3-2/h7-9,11H,3-6H2,1-2H3,(H,19,20,21);3H2,1-2H3. The number of anilines is 2. The van der Waals surface area contributed by atoms with E-state index < -0.39 is 0 Å². The second-order valence-electron chi connectivity index (χ2n) is 7.71.